The van der Waals surface area contributed by atoms with Crippen LogP contribution in [0.5, 0.6) is 0 Å². The Bertz CT molecular complexity index is 386. The van der Waals surface area contributed by atoms with Crippen LogP contribution in [0, 0.1) is 0 Å². The van der Waals surface area contributed by atoms with Gasteiger partial charge in [-0.15, -0.1) is 0 Å². The molecule has 2 aliphatic rings. The third kappa shape index (κ3) is 4.13. The number of nitrogens with zero attached hydrogens (tertiary/aromatic N) is 1. The molecule has 18 heavy (non-hydrogen) atoms. The van der Waals surface area contributed by atoms with Crippen LogP contribution in [0.25, 0.3) is 0 Å². The molecular formula is C11H21N3O3S. The summed E-state index contributed by atoms with van der Waals surface area (Å²) in [5.74, 6) is -0.00884. The van der Waals surface area contributed by atoms with Gasteiger partial charge in [0.2, 0.25) is 10.0 Å². The van der Waals surface area contributed by atoms with Gasteiger partial charge in [-0.05, 0) is 25.7 Å². The standard InChI is InChI=1S/C11H21N3O3S/c15-11(13-10-4-5-10)12-6-9-18(16,17)14-7-2-1-3-8-14/h10H,1-9H2,(H2,12,13,15). The van der Waals surface area contributed by atoms with Gasteiger partial charge in [0.15, 0.2) is 0 Å². The molecule has 0 aromatic carbocycles. The molecule has 0 spiro atoms. The highest BCUT2D eigenvalue weighted by atomic mass is 32.2. The summed E-state index contributed by atoms with van der Waals surface area (Å²) < 4.78 is 25.5. The maximum absolute atomic E-state index is 12.0. The van der Waals surface area contributed by atoms with Crippen LogP contribution >= 0.6 is 0 Å². The number of carbonyl (C=O) groups is 1. The molecule has 0 radical (unpaired) electrons. The summed E-state index contributed by atoms with van der Waals surface area (Å²) in [7, 11) is -3.20. The van der Waals surface area contributed by atoms with Crippen molar-refractivity contribution in [2.45, 2.75) is 38.1 Å². The lowest BCUT2D eigenvalue weighted by atomic mass is 10.2. The number of rotatable bonds is 5. The second kappa shape index (κ2) is 5.88. The van der Waals surface area contributed by atoms with E-state index in [4.69, 9.17) is 0 Å². The van der Waals surface area contributed by atoms with Crippen molar-refractivity contribution in [3.8, 4) is 0 Å². The van der Waals surface area contributed by atoms with Gasteiger partial charge in [-0.3, -0.25) is 0 Å². The summed E-state index contributed by atoms with van der Waals surface area (Å²) in [6.07, 6.45) is 5.04. The molecule has 104 valence electrons. The molecule has 2 amide bonds. The molecule has 1 saturated heterocycles. The number of sulfonamides is 1. The molecule has 7 heteroatoms. The Morgan fingerprint density at radius 1 is 1.17 bits per heavy atom. The SMILES string of the molecule is O=C(NCCS(=O)(=O)N1CCCCC1)NC1CC1. The molecule has 2 rings (SSSR count). The van der Waals surface area contributed by atoms with E-state index in [2.05, 4.69) is 10.6 Å². The highest BCUT2D eigenvalue weighted by Crippen LogP contribution is 2.18. The van der Waals surface area contributed by atoms with E-state index in [1.807, 2.05) is 0 Å². The first kappa shape index (κ1) is 13.6. The predicted octanol–water partition coefficient (Wildman–Crippen LogP) is 0.264. The molecular weight excluding hydrogens is 254 g/mol. The van der Waals surface area contributed by atoms with Crippen LogP contribution < -0.4 is 10.6 Å². The first-order valence-electron chi connectivity index (χ1n) is 6.60. The first-order chi connectivity index (χ1) is 8.58. The molecule has 0 atom stereocenters. The minimum absolute atomic E-state index is 0.00884. The lowest BCUT2D eigenvalue weighted by Gasteiger charge is -2.25. The summed E-state index contributed by atoms with van der Waals surface area (Å²) in [5, 5.41) is 5.35. The monoisotopic (exact) mass is 275 g/mol. The minimum Gasteiger partial charge on any atom is -0.337 e. The third-order valence-electron chi connectivity index (χ3n) is 3.27. The van der Waals surface area contributed by atoms with Crippen molar-refractivity contribution in [3.05, 3.63) is 0 Å². The van der Waals surface area contributed by atoms with Crippen molar-refractivity contribution < 1.29 is 13.2 Å². The van der Waals surface area contributed by atoms with Gasteiger partial charge < -0.3 is 10.6 Å². The molecule has 1 aliphatic heterocycles. The van der Waals surface area contributed by atoms with Crippen molar-refractivity contribution in [2.75, 3.05) is 25.4 Å². The number of urea groups is 1. The number of hydrogen-bond acceptors (Lipinski definition) is 3. The Labute approximate surface area is 108 Å². The summed E-state index contributed by atoms with van der Waals surface area (Å²) in [6, 6.07) is 0.0371. The number of nitrogens with one attached hydrogen (secondary N) is 2. The van der Waals surface area contributed by atoms with Gasteiger partial charge in [0.1, 0.15) is 0 Å². The van der Waals surface area contributed by atoms with Crippen LogP contribution in [-0.4, -0.2) is 50.2 Å². The Morgan fingerprint density at radius 2 is 1.83 bits per heavy atom. The van der Waals surface area contributed by atoms with Gasteiger partial charge in [0.25, 0.3) is 0 Å². The highest BCUT2D eigenvalue weighted by molar-refractivity contribution is 7.89. The van der Waals surface area contributed by atoms with Crippen LogP contribution in [-0.2, 0) is 10.0 Å². The van der Waals surface area contributed by atoms with Gasteiger partial charge in [-0.2, -0.15) is 0 Å². The zero-order valence-corrected chi connectivity index (χ0v) is 11.3. The molecule has 0 bridgehead atoms. The smallest absolute Gasteiger partial charge is 0.315 e. The zero-order chi connectivity index (χ0) is 13.0. The minimum atomic E-state index is -3.20. The average Bonchev–Trinajstić information content (AvgIpc) is 3.14. The van der Waals surface area contributed by atoms with Crippen molar-refractivity contribution in [3.63, 3.8) is 0 Å². The van der Waals surface area contributed by atoms with E-state index in [9.17, 15) is 13.2 Å². The van der Waals surface area contributed by atoms with Crippen LogP contribution in [0.1, 0.15) is 32.1 Å². The molecule has 6 nitrogen and oxygen atoms in total. The van der Waals surface area contributed by atoms with E-state index in [-0.39, 0.29) is 18.3 Å². The molecule has 2 N–H and O–H groups in total. The maximum atomic E-state index is 12.0. The van der Waals surface area contributed by atoms with Crippen LogP contribution in [0.3, 0.4) is 0 Å². The third-order valence-corrected chi connectivity index (χ3v) is 5.14. The van der Waals surface area contributed by atoms with Crippen molar-refractivity contribution in [2.24, 2.45) is 0 Å². The normalized spacial score (nSPS) is 21.6. The molecule has 0 aromatic rings. The quantitative estimate of drug-likeness (QED) is 0.755. The molecule has 0 aromatic heterocycles. The number of hydrogen-bond donors (Lipinski definition) is 2. The lowest BCUT2D eigenvalue weighted by Crippen LogP contribution is -2.43. The van der Waals surface area contributed by atoms with E-state index in [1.54, 1.807) is 0 Å². The van der Waals surface area contributed by atoms with Gasteiger partial charge in [0, 0.05) is 25.7 Å². The fraction of sp³-hybridized carbons (Fsp3) is 0.909. The van der Waals surface area contributed by atoms with Gasteiger partial charge >= 0.3 is 6.03 Å². The fourth-order valence-corrected chi connectivity index (χ4v) is 3.46. The van der Waals surface area contributed by atoms with E-state index < -0.39 is 10.0 Å². The molecule has 1 saturated carbocycles. The van der Waals surface area contributed by atoms with Crippen molar-refractivity contribution in [1.29, 1.82) is 0 Å². The van der Waals surface area contributed by atoms with Gasteiger partial charge in [0.05, 0.1) is 5.75 Å². The largest absolute Gasteiger partial charge is 0.337 e. The summed E-state index contributed by atoms with van der Waals surface area (Å²) in [6.45, 7) is 1.42. The lowest BCUT2D eigenvalue weighted by molar-refractivity contribution is 0.241. The van der Waals surface area contributed by atoms with Crippen molar-refractivity contribution >= 4 is 16.1 Å². The second-order valence-electron chi connectivity index (χ2n) is 4.95. The zero-order valence-electron chi connectivity index (χ0n) is 10.5. The number of piperidine rings is 1. The van der Waals surface area contributed by atoms with Crippen molar-refractivity contribution in [1.82, 2.24) is 14.9 Å². The van der Waals surface area contributed by atoms with E-state index >= 15 is 0 Å². The van der Waals surface area contributed by atoms with Crippen LogP contribution in [0.2, 0.25) is 0 Å². The highest BCUT2D eigenvalue weighted by Gasteiger charge is 2.25. The Hall–Kier alpha value is -0.820. The summed E-state index contributed by atoms with van der Waals surface area (Å²) in [4.78, 5) is 11.3. The van der Waals surface area contributed by atoms with Gasteiger partial charge in [-0.1, -0.05) is 6.42 Å². The summed E-state index contributed by atoms with van der Waals surface area (Å²) in [5.41, 5.74) is 0. The number of amides is 2. The molecule has 1 heterocycles. The number of carbonyl (C=O) groups excluding carboxylic acids is 1. The van der Waals surface area contributed by atoms with Crippen LogP contribution in [0.4, 0.5) is 4.79 Å². The average molecular weight is 275 g/mol. The molecule has 1 aliphatic carbocycles. The van der Waals surface area contributed by atoms with E-state index in [1.165, 1.54) is 4.31 Å². The topological polar surface area (TPSA) is 78.5 Å². The molecule has 2 fully saturated rings. The fourth-order valence-electron chi connectivity index (χ4n) is 2.03. The summed E-state index contributed by atoms with van der Waals surface area (Å²) >= 11 is 0. The predicted molar refractivity (Wildman–Crippen MR) is 68.8 cm³/mol. The molecule has 0 unspecified atom stereocenters. The Kier molecular flexibility index (Phi) is 4.45. The van der Waals surface area contributed by atoms with Crippen LogP contribution in [0.15, 0.2) is 0 Å². The van der Waals surface area contributed by atoms with Gasteiger partial charge in [-0.25, -0.2) is 17.5 Å². The van der Waals surface area contributed by atoms with E-state index in [0.717, 1.165) is 32.1 Å². The van der Waals surface area contributed by atoms with E-state index in [0.29, 0.717) is 19.1 Å². The Morgan fingerprint density at radius 3 is 2.44 bits per heavy atom. The maximum Gasteiger partial charge on any atom is 0.315 e. The Balaban J connectivity index is 1.68. The second-order valence-corrected chi connectivity index (χ2v) is 7.04. The first-order valence-corrected chi connectivity index (χ1v) is 8.21.